The molecule has 0 spiro atoms. The number of halogens is 3. The van der Waals surface area contributed by atoms with E-state index in [1.165, 1.54) is 19.3 Å². The molecule has 0 bridgehead atoms. The van der Waals surface area contributed by atoms with Gasteiger partial charge in [0.25, 0.3) is 0 Å². The fraction of sp³-hybridized carbons (Fsp3) is 0.571. The first kappa shape index (κ1) is 23.4. The number of alkyl halides is 3. The molecule has 0 saturated heterocycles. The molecule has 0 rings (SSSR count). The van der Waals surface area contributed by atoms with Crippen molar-refractivity contribution >= 4 is 5.78 Å². The maximum Gasteiger partial charge on any atom is 0.449 e. The number of hydrogen-bond acceptors (Lipinski definition) is 1. The number of unbranched alkanes of at least 4 members (excludes halogenated alkanes) is 4. The summed E-state index contributed by atoms with van der Waals surface area (Å²) in [5.41, 5.74) is 0. The second-order valence-corrected chi connectivity index (χ2v) is 5.90. The zero-order valence-corrected chi connectivity index (χ0v) is 15.2. The van der Waals surface area contributed by atoms with Crippen LogP contribution in [-0.4, -0.2) is 12.0 Å². The van der Waals surface area contributed by atoms with Crippen molar-refractivity contribution in [1.29, 1.82) is 0 Å². The van der Waals surface area contributed by atoms with E-state index in [4.69, 9.17) is 0 Å². The highest BCUT2D eigenvalue weighted by Crippen LogP contribution is 2.19. The van der Waals surface area contributed by atoms with Gasteiger partial charge in [0, 0.05) is 6.42 Å². The SMILES string of the molecule is CCCCC/C=C/C/C=C/C/C=C/C/C=C/CCCC(=O)C(F)(F)F. The molecule has 0 aliphatic carbocycles. The lowest BCUT2D eigenvalue weighted by molar-refractivity contribution is -0.171. The zero-order chi connectivity index (χ0) is 18.8. The van der Waals surface area contributed by atoms with Crippen LogP contribution in [0.4, 0.5) is 13.2 Å². The van der Waals surface area contributed by atoms with Crippen molar-refractivity contribution in [3.8, 4) is 0 Å². The normalized spacial score (nSPS) is 13.1. The predicted octanol–water partition coefficient (Wildman–Crippen LogP) is 7.26. The molecule has 0 saturated carbocycles. The Morgan fingerprint density at radius 3 is 1.60 bits per heavy atom. The van der Waals surface area contributed by atoms with Crippen molar-refractivity contribution in [3.05, 3.63) is 48.6 Å². The molecule has 0 atom stereocenters. The maximum absolute atomic E-state index is 12.0. The summed E-state index contributed by atoms with van der Waals surface area (Å²) in [5.74, 6) is -1.64. The number of hydrogen-bond donors (Lipinski definition) is 0. The van der Waals surface area contributed by atoms with Gasteiger partial charge in [-0.25, -0.2) is 0 Å². The Balaban J connectivity index is 3.54. The second-order valence-electron chi connectivity index (χ2n) is 5.90. The van der Waals surface area contributed by atoms with Gasteiger partial charge >= 0.3 is 6.18 Å². The number of allylic oxidation sites excluding steroid dienone is 8. The van der Waals surface area contributed by atoms with Crippen LogP contribution in [0.2, 0.25) is 0 Å². The van der Waals surface area contributed by atoms with E-state index in [-0.39, 0.29) is 6.42 Å². The lowest BCUT2D eigenvalue weighted by Crippen LogP contribution is -2.22. The minimum Gasteiger partial charge on any atom is -0.290 e. The second kappa shape index (κ2) is 15.9. The van der Waals surface area contributed by atoms with Crippen molar-refractivity contribution in [2.24, 2.45) is 0 Å². The molecule has 0 aliphatic heterocycles. The zero-order valence-electron chi connectivity index (χ0n) is 15.2. The van der Waals surface area contributed by atoms with Gasteiger partial charge in [0.05, 0.1) is 0 Å². The average molecular weight is 356 g/mol. The number of carbonyl (C=O) groups excluding carboxylic acids is 1. The highest BCUT2D eigenvalue weighted by atomic mass is 19.4. The fourth-order valence-corrected chi connectivity index (χ4v) is 2.08. The first-order valence-corrected chi connectivity index (χ1v) is 9.18. The summed E-state index contributed by atoms with van der Waals surface area (Å²) < 4.78 is 35.9. The summed E-state index contributed by atoms with van der Waals surface area (Å²) in [5, 5.41) is 0. The van der Waals surface area contributed by atoms with Crippen molar-refractivity contribution in [1.82, 2.24) is 0 Å². The lowest BCUT2D eigenvalue weighted by atomic mass is 10.1. The molecule has 4 heteroatoms. The minimum absolute atomic E-state index is 0.243. The summed E-state index contributed by atoms with van der Waals surface area (Å²) in [6, 6.07) is 0. The molecule has 0 heterocycles. The third-order valence-corrected chi connectivity index (χ3v) is 3.55. The Morgan fingerprint density at radius 1 is 0.720 bits per heavy atom. The van der Waals surface area contributed by atoms with Crippen LogP contribution in [0, 0.1) is 0 Å². The summed E-state index contributed by atoms with van der Waals surface area (Å²) in [4.78, 5) is 10.7. The molecule has 142 valence electrons. The largest absolute Gasteiger partial charge is 0.449 e. The minimum atomic E-state index is -4.69. The Bertz CT molecular complexity index is 443. The third-order valence-electron chi connectivity index (χ3n) is 3.55. The van der Waals surface area contributed by atoms with Gasteiger partial charge in [-0.15, -0.1) is 0 Å². The van der Waals surface area contributed by atoms with Crippen LogP contribution in [0.5, 0.6) is 0 Å². The predicted molar refractivity (Wildman–Crippen MR) is 99.5 cm³/mol. The van der Waals surface area contributed by atoms with E-state index < -0.39 is 18.4 Å². The van der Waals surface area contributed by atoms with E-state index in [9.17, 15) is 18.0 Å². The van der Waals surface area contributed by atoms with Gasteiger partial charge in [-0.1, -0.05) is 68.4 Å². The van der Waals surface area contributed by atoms with E-state index in [1.807, 2.05) is 18.2 Å². The molecular formula is C21H31F3O. The Hall–Kier alpha value is -1.58. The van der Waals surface area contributed by atoms with Crippen LogP contribution in [-0.2, 0) is 4.79 Å². The maximum atomic E-state index is 12.0. The molecule has 0 aromatic carbocycles. The van der Waals surface area contributed by atoms with Gasteiger partial charge in [-0.2, -0.15) is 13.2 Å². The molecule has 0 N–H and O–H groups in total. The highest BCUT2D eigenvalue weighted by molar-refractivity contribution is 5.83. The molecule has 25 heavy (non-hydrogen) atoms. The van der Waals surface area contributed by atoms with Crippen LogP contribution in [0.1, 0.15) is 71.1 Å². The van der Waals surface area contributed by atoms with Gasteiger partial charge in [0.2, 0.25) is 5.78 Å². The fourth-order valence-electron chi connectivity index (χ4n) is 2.08. The Morgan fingerprint density at radius 2 is 1.16 bits per heavy atom. The van der Waals surface area contributed by atoms with Crippen LogP contribution < -0.4 is 0 Å². The Labute approximate surface area is 150 Å². The van der Waals surface area contributed by atoms with E-state index >= 15 is 0 Å². The molecule has 0 radical (unpaired) electrons. The molecule has 0 aromatic heterocycles. The number of ketones is 1. The van der Waals surface area contributed by atoms with Gasteiger partial charge in [-0.3, -0.25) is 4.79 Å². The van der Waals surface area contributed by atoms with Crippen LogP contribution in [0.15, 0.2) is 48.6 Å². The van der Waals surface area contributed by atoms with E-state index in [0.717, 1.165) is 25.7 Å². The van der Waals surface area contributed by atoms with E-state index in [2.05, 4.69) is 37.3 Å². The molecule has 1 nitrogen and oxygen atoms in total. The van der Waals surface area contributed by atoms with E-state index in [0.29, 0.717) is 6.42 Å². The van der Waals surface area contributed by atoms with Crippen LogP contribution in [0.25, 0.3) is 0 Å². The lowest BCUT2D eigenvalue weighted by Gasteiger charge is -2.02. The summed E-state index contributed by atoms with van der Waals surface area (Å²) in [6.07, 6.45) is 19.8. The van der Waals surface area contributed by atoms with Crippen molar-refractivity contribution in [2.75, 3.05) is 0 Å². The smallest absolute Gasteiger partial charge is 0.290 e. The highest BCUT2D eigenvalue weighted by Gasteiger charge is 2.36. The van der Waals surface area contributed by atoms with Crippen molar-refractivity contribution in [3.63, 3.8) is 0 Å². The monoisotopic (exact) mass is 356 g/mol. The van der Waals surface area contributed by atoms with Crippen molar-refractivity contribution < 1.29 is 18.0 Å². The van der Waals surface area contributed by atoms with Crippen molar-refractivity contribution in [2.45, 2.75) is 77.3 Å². The van der Waals surface area contributed by atoms with Crippen LogP contribution in [0.3, 0.4) is 0 Å². The molecular weight excluding hydrogens is 325 g/mol. The van der Waals surface area contributed by atoms with Gasteiger partial charge < -0.3 is 0 Å². The molecule has 0 aromatic rings. The van der Waals surface area contributed by atoms with Crippen LogP contribution >= 0.6 is 0 Å². The third kappa shape index (κ3) is 17.0. The molecule has 0 amide bonds. The summed E-state index contributed by atoms with van der Waals surface area (Å²) in [7, 11) is 0. The first-order valence-electron chi connectivity index (χ1n) is 9.18. The Kier molecular flexibility index (Phi) is 14.9. The van der Waals surface area contributed by atoms with Gasteiger partial charge in [0.1, 0.15) is 0 Å². The number of Topliss-reactive ketones (excluding diaryl/α,β-unsaturated/α-hetero) is 1. The topological polar surface area (TPSA) is 17.1 Å². The number of carbonyl (C=O) groups is 1. The molecule has 0 fully saturated rings. The summed E-state index contributed by atoms with van der Waals surface area (Å²) >= 11 is 0. The van der Waals surface area contributed by atoms with Gasteiger partial charge in [0.15, 0.2) is 0 Å². The average Bonchev–Trinajstić information content (AvgIpc) is 2.56. The standard InChI is InChI=1S/C21H31F3O/c1-2-3-4-5-6-7-8-9-10-11-12-13-14-15-16-17-18-19-20(25)21(22,23)24/h6-7,9-10,12-13,15-16H,2-5,8,11,14,17-19H2,1H3/b7-6+,10-9+,13-12+,16-15+. The quantitative estimate of drug-likeness (QED) is 0.236. The first-order chi connectivity index (χ1) is 12.0. The van der Waals surface area contributed by atoms with E-state index in [1.54, 1.807) is 0 Å². The molecule has 0 aliphatic rings. The number of rotatable bonds is 14. The summed E-state index contributed by atoms with van der Waals surface area (Å²) in [6.45, 7) is 2.20. The molecule has 0 unspecified atom stereocenters. The van der Waals surface area contributed by atoms with Gasteiger partial charge in [-0.05, 0) is 44.9 Å².